The van der Waals surface area contributed by atoms with Gasteiger partial charge in [0, 0.05) is 17.9 Å². The second kappa shape index (κ2) is 9.39. The first-order chi connectivity index (χ1) is 15.6. The van der Waals surface area contributed by atoms with Crippen molar-refractivity contribution in [2.75, 3.05) is 13.7 Å². The SMILES string of the molecule is CCOC(=O)c1[nH]c2cc(OC(=O)c3ccccc3)ccc2c1Cc1ccc(OC)cc1. The molecule has 0 aliphatic heterocycles. The number of esters is 2. The lowest BCUT2D eigenvalue weighted by molar-refractivity contribution is 0.0519. The number of hydrogen-bond acceptors (Lipinski definition) is 5. The number of aromatic amines is 1. The number of fused-ring (bicyclic) bond motifs is 1. The number of H-pyrrole nitrogens is 1. The van der Waals surface area contributed by atoms with Crippen LogP contribution in [0.3, 0.4) is 0 Å². The van der Waals surface area contributed by atoms with Gasteiger partial charge in [0.1, 0.15) is 17.2 Å². The molecule has 6 heteroatoms. The number of ether oxygens (including phenoxy) is 3. The Bertz CT molecular complexity index is 1240. The van der Waals surface area contributed by atoms with Crippen molar-refractivity contribution in [1.29, 1.82) is 0 Å². The van der Waals surface area contributed by atoms with Gasteiger partial charge in [-0.15, -0.1) is 0 Å². The monoisotopic (exact) mass is 429 g/mol. The number of aromatic nitrogens is 1. The average Bonchev–Trinajstić information content (AvgIpc) is 3.18. The number of hydrogen-bond donors (Lipinski definition) is 1. The summed E-state index contributed by atoms with van der Waals surface area (Å²) in [5, 5.41) is 0.864. The Balaban J connectivity index is 1.68. The summed E-state index contributed by atoms with van der Waals surface area (Å²) < 4.78 is 16.0. The zero-order valence-corrected chi connectivity index (χ0v) is 17.9. The van der Waals surface area contributed by atoms with Gasteiger partial charge in [0.25, 0.3) is 0 Å². The van der Waals surface area contributed by atoms with Gasteiger partial charge in [0.2, 0.25) is 0 Å². The molecule has 4 rings (SSSR count). The lowest BCUT2D eigenvalue weighted by Crippen LogP contribution is -2.08. The molecular weight excluding hydrogens is 406 g/mol. The van der Waals surface area contributed by atoms with E-state index in [1.165, 1.54) is 0 Å². The first-order valence-corrected chi connectivity index (χ1v) is 10.3. The van der Waals surface area contributed by atoms with E-state index < -0.39 is 11.9 Å². The summed E-state index contributed by atoms with van der Waals surface area (Å²) in [6.45, 7) is 2.04. The molecule has 0 fully saturated rings. The molecule has 4 aromatic rings. The molecule has 0 atom stereocenters. The third-order valence-electron chi connectivity index (χ3n) is 5.12. The Hall–Kier alpha value is -4.06. The predicted molar refractivity (Wildman–Crippen MR) is 121 cm³/mol. The molecule has 0 saturated carbocycles. The lowest BCUT2D eigenvalue weighted by atomic mass is 10.0. The van der Waals surface area contributed by atoms with Crippen LogP contribution in [0.2, 0.25) is 0 Å². The number of carbonyl (C=O) groups excluding carboxylic acids is 2. The van der Waals surface area contributed by atoms with E-state index in [4.69, 9.17) is 14.2 Å². The van der Waals surface area contributed by atoms with Crippen molar-refractivity contribution in [3.63, 3.8) is 0 Å². The van der Waals surface area contributed by atoms with Crippen molar-refractivity contribution < 1.29 is 23.8 Å². The Morgan fingerprint density at radius 2 is 1.59 bits per heavy atom. The van der Waals surface area contributed by atoms with Gasteiger partial charge >= 0.3 is 11.9 Å². The van der Waals surface area contributed by atoms with Crippen molar-refractivity contribution in [2.24, 2.45) is 0 Å². The molecule has 32 heavy (non-hydrogen) atoms. The molecule has 1 aromatic heterocycles. The lowest BCUT2D eigenvalue weighted by Gasteiger charge is -2.07. The van der Waals surface area contributed by atoms with E-state index in [1.54, 1.807) is 50.4 Å². The Kier molecular flexibility index (Phi) is 6.22. The maximum absolute atomic E-state index is 12.6. The fraction of sp³-hybridized carbons (Fsp3) is 0.154. The summed E-state index contributed by atoms with van der Waals surface area (Å²) in [4.78, 5) is 28.2. The van der Waals surface area contributed by atoms with Gasteiger partial charge < -0.3 is 19.2 Å². The molecular formula is C26H23NO5. The maximum Gasteiger partial charge on any atom is 0.355 e. The van der Waals surface area contributed by atoms with Crippen molar-refractivity contribution in [1.82, 2.24) is 4.98 Å². The van der Waals surface area contributed by atoms with Crippen molar-refractivity contribution in [3.8, 4) is 11.5 Å². The predicted octanol–water partition coefficient (Wildman–Crippen LogP) is 5.16. The van der Waals surface area contributed by atoms with Gasteiger partial charge in [-0.05, 0) is 54.4 Å². The highest BCUT2D eigenvalue weighted by Crippen LogP contribution is 2.29. The minimum Gasteiger partial charge on any atom is -0.497 e. The van der Waals surface area contributed by atoms with E-state index in [9.17, 15) is 9.59 Å². The van der Waals surface area contributed by atoms with E-state index >= 15 is 0 Å². The maximum atomic E-state index is 12.6. The second-order valence-electron chi connectivity index (χ2n) is 7.19. The normalized spacial score (nSPS) is 10.7. The molecule has 0 spiro atoms. The summed E-state index contributed by atoms with van der Waals surface area (Å²) in [5.41, 5.74) is 3.40. The van der Waals surface area contributed by atoms with Crippen molar-refractivity contribution in [2.45, 2.75) is 13.3 Å². The fourth-order valence-corrected chi connectivity index (χ4v) is 3.55. The smallest absolute Gasteiger partial charge is 0.355 e. The number of benzene rings is 3. The third-order valence-corrected chi connectivity index (χ3v) is 5.12. The van der Waals surface area contributed by atoms with Crippen LogP contribution in [0.1, 0.15) is 38.9 Å². The van der Waals surface area contributed by atoms with Crippen LogP contribution < -0.4 is 9.47 Å². The van der Waals surface area contributed by atoms with E-state index in [0.717, 1.165) is 22.3 Å². The summed E-state index contributed by atoms with van der Waals surface area (Å²) >= 11 is 0. The van der Waals surface area contributed by atoms with E-state index in [2.05, 4.69) is 4.98 Å². The second-order valence-corrected chi connectivity index (χ2v) is 7.19. The fourth-order valence-electron chi connectivity index (χ4n) is 3.55. The summed E-state index contributed by atoms with van der Waals surface area (Å²) in [7, 11) is 1.62. The van der Waals surface area contributed by atoms with Gasteiger partial charge in [0.15, 0.2) is 0 Å². The minimum atomic E-state index is -0.444. The number of carbonyl (C=O) groups is 2. The molecule has 6 nitrogen and oxygen atoms in total. The van der Waals surface area contributed by atoms with Crippen LogP contribution >= 0.6 is 0 Å². The van der Waals surface area contributed by atoms with E-state index in [1.807, 2.05) is 36.4 Å². The Labute approximate surface area is 185 Å². The molecule has 1 heterocycles. The van der Waals surface area contributed by atoms with Crippen LogP contribution in [0.4, 0.5) is 0 Å². The third kappa shape index (κ3) is 4.49. The van der Waals surface area contributed by atoms with Gasteiger partial charge in [-0.3, -0.25) is 0 Å². The largest absolute Gasteiger partial charge is 0.497 e. The molecule has 162 valence electrons. The van der Waals surface area contributed by atoms with Crippen molar-refractivity contribution >= 4 is 22.8 Å². The first-order valence-electron chi connectivity index (χ1n) is 10.3. The molecule has 0 bridgehead atoms. The highest BCUT2D eigenvalue weighted by Gasteiger charge is 2.20. The number of rotatable bonds is 7. The highest BCUT2D eigenvalue weighted by atomic mass is 16.5. The molecule has 0 aliphatic rings. The standard InChI is InChI=1S/C26H23NO5/c1-3-31-26(29)24-22(15-17-9-11-19(30-2)12-10-17)21-14-13-20(16-23(21)27-24)32-25(28)18-7-5-4-6-8-18/h4-14,16,27H,3,15H2,1-2H3. The Morgan fingerprint density at radius 1 is 0.875 bits per heavy atom. The molecule has 0 radical (unpaired) electrons. The topological polar surface area (TPSA) is 77.6 Å². The molecule has 0 aliphatic carbocycles. The molecule has 1 N–H and O–H groups in total. The van der Waals surface area contributed by atoms with Gasteiger partial charge in [-0.25, -0.2) is 9.59 Å². The average molecular weight is 429 g/mol. The van der Waals surface area contributed by atoms with Gasteiger partial charge in [-0.2, -0.15) is 0 Å². The van der Waals surface area contributed by atoms with Crippen LogP contribution in [-0.2, 0) is 11.2 Å². The molecule has 3 aromatic carbocycles. The van der Waals surface area contributed by atoms with Gasteiger partial charge in [-0.1, -0.05) is 30.3 Å². The van der Waals surface area contributed by atoms with Crippen LogP contribution in [0.15, 0.2) is 72.8 Å². The van der Waals surface area contributed by atoms with E-state index in [-0.39, 0.29) is 6.61 Å². The van der Waals surface area contributed by atoms with Gasteiger partial charge in [0.05, 0.1) is 24.8 Å². The zero-order chi connectivity index (χ0) is 22.5. The van der Waals surface area contributed by atoms with Crippen LogP contribution in [0.25, 0.3) is 10.9 Å². The highest BCUT2D eigenvalue weighted by molar-refractivity contribution is 5.99. The molecule has 0 amide bonds. The summed E-state index contributed by atoms with van der Waals surface area (Å²) in [5.74, 6) is 0.290. The van der Waals surface area contributed by atoms with Crippen LogP contribution in [0.5, 0.6) is 11.5 Å². The Morgan fingerprint density at radius 3 is 2.28 bits per heavy atom. The summed E-state index contributed by atoms with van der Waals surface area (Å²) in [6.07, 6.45) is 0.529. The summed E-state index contributed by atoms with van der Waals surface area (Å²) in [6, 6.07) is 21.8. The zero-order valence-electron chi connectivity index (χ0n) is 17.9. The van der Waals surface area contributed by atoms with Crippen LogP contribution in [0, 0.1) is 0 Å². The quantitative estimate of drug-likeness (QED) is 0.324. The molecule has 0 unspecified atom stereocenters. The number of methoxy groups -OCH3 is 1. The minimum absolute atomic E-state index is 0.274. The van der Waals surface area contributed by atoms with Crippen LogP contribution in [-0.4, -0.2) is 30.6 Å². The number of nitrogens with one attached hydrogen (secondary N) is 1. The van der Waals surface area contributed by atoms with Crippen molar-refractivity contribution in [3.05, 3.63) is 95.2 Å². The van der Waals surface area contributed by atoms with E-state index in [0.29, 0.717) is 28.9 Å². The molecule has 0 saturated heterocycles. The first kappa shape index (κ1) is 21.2.